The summed E-state index contributed by atoms with van der Waals surface area (Å²) in [5.41, 5.74) is 1.33. The lowest BCUT2D eigenvalue weighted by molar-refractivity contribution is -0.154. The van der Waals surface area contributed by atoms with E-state index in [4.69, 9.17) is 4.74 Å². The highest BCUT2D eigenvalue weighted by atomic mass is 19.4. The third kappa shape index (κ3) is 7.71. The van der Waals surface area contributed by atoms with E-state index in [9.17, 15) is 22.8 Å². The minimum Gasteiger partial charge on any atom is -0.481 e. The van der Waals surface area contributed by atoms with Crippen molar-refractivity contribution in [2.24, 2.45) is 5.92 Å². The Labute approximate surface area is 183 Å². The fourth-order valence-corrected chi connectivity index (χ4v) is 2.62. The lowest BCUT2D eigenvalue weighted by Gasteiger charge is -2.13. The second-order valence-corrected chi connectivity index (χ2v) is 7.10. The smallest absolute Gasteiger partial charge is 0.422 e. The summed E-state index contributed by atoms with van der Waals surface area (Å²) in [6.45, 7) is 2.46. The Balaban J connectivity index is 2.01. The second kappa shape index (κ2) is 11.3. The normalized spacial score (nSPS) is 11.2. The predicted molar refractivity (Wildman–Crippen MR) is 109 cm³/mol. The molecule has 11 heteroatoms. The molecular weight excluding hydrogens is 429 g/mol. The van der Waals surface area contributed by atoms with Crippen molar-refractivity contribution >= 4 is 11.8 Å². The van der Waals surface area contributed by atoms with Crippen LogP contribution in [0.1, 0.15) is 35.5 Å². The fourth-order valence-electron chi connectivity index (χ4n) is 2.62. The van der Waals surface area contributed by atoms with Gasteiger partial charge in [0.2, 0.25) is 17.7 Å². The molecular formula is C21H25F3N4O4. The van der Waals surface area contributed by atoms with Crippen molar-refractivity contribution < 1.29 is 32.2 Å². The number of carbonyl (C=O) groups is 2. The number of hydrogen-bond donors (Lipinski definition) is 2. The number of pyridine rings is 2. The van der Waals surface area contributed by atoms with Gasteiger partial charge in [0.15, 0.2) is 6.61 Å². The van der Waals surface area contributed by atoms with Crippen LogP contribution in [0.4, 0.5) is 13.2 Å². The number of nitrogens with zero attached hydrogens (tertiary/aromatic N) is 2. The molecule has 8 nitrogen and oxygen atoms in total. The van der Waals surface area contributed by atoms with E-state index < -0.39 is 18.7 Å². The molecule has 0 saturated heterocycles. The van der Waals surface area contributed by atoms with Crippen LogP contribution < -0.4 is 20.1 Å². The average molecular weight is 454 g/mol. The molecule has 0 fully saturated rings. The van der Waals surface area contributed by atoms with Crippen LogP contribution in [0.15, 0.2) is 30.5 Å². The second-order valence-electron chi connectivity index (χ2n) is 7.10. The number of rotatable bonds is 10. The molecule has 0 unspecified atom stereocenters. The Kier molecular flexibility index (Phi) is 8.80. The Morgan fingerprint density at radius 1 is 1.16 bits per heavy atom. The van der Waals surface area contributed by atoms with Crippen molar-refractivity contribution in [3.63, 3.8) is 0 Å². The van der Waals surface area contributed by atoms with Crippen LogP contribution in [0, 0.1) is 5.92 Å². The van der Waals surface area contributed by atoms with E-state index in [0.717, 1.165) is 0 Å². The number of carbonyl (C=O) groups excluding carboxylic acids is 2. The third-order valence-corrected chi connectivity index (χ3v) is 4.25. The molecule has 174 valence electrons. The first kappa shape index (κ1) is 24.9. The maximum atomic E-state index is 12.7. The van der Waals surface area contributed by atoms with Crippen molar-refractivity contribution in [2.75, 3.05) is 20.3 Å². The molecule has 2 amide bonds. The number of amides is 2. The van der Waals surface area contributed by atoms with Crippen LogP contribution in [0.3, 0.4) is 0 Å². The van der Waals surface area contributed by atoms with E-state index in [-0.39, 0.29) is 30.1 Å². The molecule has 0 aliphatic carbocycles. The minimum absolute atomic E-state index is 0.0208. The summed E-state index contributed by atoms with van der Waals surface area (Å²) >= 11 is 0. The summed E-state index contributed by atoms with van der Waals surface area (Å²) in [7, 11) is 1.31. The fraction of sp³-hybridized carbons (Fsp3) is 0.429. The standard InChI is InChI=1S/C21H25F3N4O4/c1-13(2)18(29)26-10-8-16-15(5-4-9-25-16)19(30)27-11-14-6-7-17(28-20(14)31-3)32-12-21(22,23)24/h4-7,9,13H,8,10-12H2,1-3H3,(H,26,29)(H,27,30). The van der Waals surface area contributed by atoms with Crippen LogP contribution >= 0.6 is 0 Å². The summed E-state index contributed by atoms with van der Waals surface area (Å²) in [5.74, 6) is -0.840. The molecule has 2 rings (SSSR count). The average Bonchev–Trinajstić information content (AvgIpc) is 2.75. The minimum atomic E-state index is -4.49. The van der Waals surface area contributed by atoms with Crippen LogP contribution in [-0.2, 0) is 17.8 Å². The molecule has 0 atom stereocenters. The summed E-state index contributed by atoms with van der Waals surface area (Å²) < 4.78 is 46.6. The van der Waals surface area contributed by atoms with Crippen LogP contribution in [0.25, 0.3) is 0 Å². The van der Waals surface area contributed by atoms with Gasteiger partial charge in [0, 0.05) is 43.3 Å². The van der Waals surface area contributed by atoms with Gasteiger partial charge in [-0.3, -0.25) is 14.6 Å². The van der Waals surface area contributed by atoms with Gasteiger partial charge in [-0.25, -0.2) is 0 Å². The topological polar surface area (TPSA) is 102 Å². The molecule has 0 aliphatic heterocycles. The van der Waals surface area contributed by atoms with Crippen molar-refractivity contribution in [1.29, 1.82) is 0 Å². The first-order valence-corrected chi connectivity index (χ1v) is 9.84. The zero-order chi connectivity index (χ0) is 23.7. The monoisotopic (exact) mass is 454 g/mol. The van der Waals surface area contributed by atoms with Crippen LogP contribution in [0.5, 0.6) is 11.8 Å². The Morgan fingerprint density at radius 2 is 1.91 bits per heavy atom. The molecule has 2 N–H and O–H groups in total. The number of hydrogen-bond acceptors (Lipinski definition) is 6. The lowest BCUT2D eigenvalue weighted by atomic mass is 10.1. The highest BCUT2D eigenvalue weighted by Crippen LogP contribution is 2.22. The van der Waals surface area contributed by atoms with Crippen LogP contribution in [0.2, 0.25) is 0 Å². The van der Waals surface area contributed by atoms with Crippen molar-refractivity contribution in [3.8, 4) is 11.8 Å². The summed E-state index contributed by atoms with van der Waals surface area (Å²) in [5, 5.41) is 5.49. The summed E-state index contributed by atoms with van der Waals surface area (Å²) in [4.78, 5) is 32.5. The van der Waals surface area contributed by atoms with Gasteiger partial charge >= 0.3 is 6.18 Å². The first-order valence-electron chi connectivity index (χ1n) is 9.84. The van der Waals surface area contributed by atoms with Crippen LogP contribution in [-0.4, -0.2) is 48.2 Å². The van der Waals surface area contributed by atoms with Gasteiger partial charge in [0.05, 0.1) is 18.4 Å². The van der Waals surface area contributed by atoms with Gasteiger partial charge in [-0.2, -0.15) is 18.2 Å². The SMILES string of the molecule is COc1nc(OCC(F)(F)F)ccc1CNC(=O)c1cccnc1CCNC(=O)C(C)C. The van der Waals surface area contributed by atoms with Gasteiger partial charge in [0.1, 0.15) is 0 Å². The Morgan fingerprint density at radius 3 is 2.56 bits per heavy atom. The number of methoxy groups -OCH3 is 1. The van der Waals surface area contributed by atoms with Crippen molar-refractivity contribution in [2.45, 2.75) is 33.0 Å². The zero-order valence-electron chi connectivity index (χ0n) is 18.0. The van der Waals surface area contributed by atoms with E-state index >= 15 is 0 Å². The molecule has 0 saturated carbocycles. The third-order valence-electron chi connectivity index (χ3n) is 4.25. The predicted octanol–water partition coefficient (Wildman–Crippen LogP) is 2.67. The molecule has 2 aromatic rings. The van der Waals surface area contributed by atoms with E-state index in [2.05, 4.69) is 25.3 Å². The largest absolute Gasteiger partial charge is 0.481 e. The molecule has 32 heavy (non-hydrogen) atoms. The number of halogens is 3. The van der Waals surface area contributed by atoms with Crippen molar-refractivity contribution in [3.05, 3.63) is 47.3 Å². The molecule has 0 spiro atoms. The summed E-state index contributed by atoms with van der Waals surface area (Å²) in [6, 6.07) is 5.97. The molecule has 0 radical (unpaired) electrons. The van der Waals surface area contributed by atoms with Gasteiger partial charge < -0.3 is 20.1 Å². The van der Waals surface area contributed by atoms with E-state index in [1.165, 1.54) is 19.2 Å². The highest BCUT2D eigenvalue weighted by molar-refractivity contribution is 5.95. The first-order chi connectivity index (χ1) is 15.1. The molecule has 0 aromatic carbocycles. The van der Waals surface area contributed by atoms with E-state index in [0.29, 0.717) is 29.8 Å². The number of nitrogens with one attached hydrogen (secondary N) is 2. The molecule has 0 aliphatic rings. The zero-order valence-corrected chi connectivity index (χ0v) is 18.0. The Bertz CT molecular complexity index is 936. The van der Waals surface area contributed by atoms with E-state index in [1.807, 2.05) is 0 Å². The lowest BCUT2D eigenvalue weighted by Crippen LogP contribution is -2.30. The van der Waals surface area contributed by atoms with Gasteiger partial charge in [-0.15, -0.1) is 0 Å². The maximum Gasteiger partial charge on any atom is 0.422 e. The molecule has 0 bridgehead atoms. The van der Waals surface area contributed by atoms with Gasteiger partial charge in [0.25, 0.3) is 5.91 Å². The number of alkyl halides is 3. The number of aromatic nitrogens is 2. The van der Waals surface area contributed by atoms with Gasteiger partial charge in [-0.05, 0) is 18.2 Å². The summed E-state index contributed by atoms with van der Waals surface area (Å²) in [6.07, 6.45) is -2.55. The van der Waals surface area contributed by atoms with E-state index in [1.54, 1.807) is 32.2 Å². The van der Waals surface area contributed by atoms with Crippen molar-refractivity contribution in [1.82, 2.24) is 20.6 Å². The molecule has 2 heterocycles. The number of ether oxygens (including phenoxy) is 2. The highest BCUT2D eigenvalue weighted by Gasteiger charge is 2.28. The Hall–Kier alpha value is -3.37. The molecule has 2 aromatic heterocycles. The quantitative estimate of drug-likeness (QED) is 0.572. The van der Waals surface area contributed by atoms with Gasteiger partial charge in [-0.1, -0.05) is 13.8 Å². The maximum absolute atomic E-state index is 12.7.